The van der Waals surface area contributed by atoms with E-state index in [9.17, 15) is 23.2 Å². The molecule has 1 aliphatic heterocycles. The summed E-state index contributed by atoms with van der Waals surface area (Å²) in [6.45, 7) is 4.31. The number of amides is 4. The van der Waals surface area contributed by atoms with Gasteiger partial charge < -0.3 is 10.6 Å². The molecule has 1 atom stereocenters. The van der Waals surface area contributed by atoms with E-state index in [1.165, 1.54) is 6.92 Å². The van der Waals surface area contributed by atoms with E-state index in [0.29, 0.717) is 11.0 Å². The summed E-state index contributed by atoms with van der Waals surface area (Å²) in [5, 5.41) is 4.92. The van der Waals surface area contributed by atoms with E-state index in [2.05, 4.69) is 10.6 Å². The van der Waals surface area contributed by atoms with Gasteiger partial charge in [-0.3, -0.25) is 14.5 Å². The molecule has 0 radical (unpaired) electrons. The Hall–Kier alpha value is -2.51. The van der Waals surface area contributed by atoms with Crippen molar-refractivity contribution in [2.24, 2.45) is 0 Å². The molecule has 2 rings (SSSR count). The first-order chi connectivity index (χ1) is 10.6. The summed E-state index contributed by atoms with van der Waals surface area (Å²) in [5.74, 6) is -3.02. The monoisotopic (exact) mass is 325 g/mol. The van der Waals surface area contributed by atoms with Gasteiger partial charge in [-0.05, 0) is 26.8 Å². The largest absolute Gasteiger partial charge is 0.352 e. The molecule has 0 saturated carbocycles. The number of halogens is 2. The average Bonchev–Trinajstić information content (AvgIpc) is 2.62. The highest BCUT2D eigenvalue weighted by Crippen LogP contribution is 2.30. The Morgan fingerprint density at radius 1 is 1.35 bits per heavy atom. The van der Waals surface area contributed by atoms with Gasteiger partial charge in [0.1, 0.15) is 23.7 Å². The van der Waals surface area contributed by atoms with Crippen molar-refractivity contribution in [3.05, 3.63) is 35.4 Å². The highest BCUT2D eigenvalue weighted by Gasteiger charge is 2.50. The van der Waals surface area contributed by atoms with Gasteiger partial charge in [0.25, 0.3) is 5.91 Å². The first-order valence-corrected chi connectivity index (χ1v) is 7.04. The van der Waals surface area contributed by atoms with E-state index in [0.717, 1.165) is 12.1 Å². The summed E-state index contributed by atoms with van der Waals surface area (Å²) in [6.07, 6.45) is 0. The number of benzene rings is 1. The number of rotatable bonds is 4. The topological polar surface area (TPSA) is 78.5 Å². The molecule has 1 aliphatic rings. The molecular formula is C15H17F2N3O3. The van der Waals surface area contributed by atoms with E-state index in [4.69, 9.17) is 0 Å². The minimum absolute atomic E-state index is 0.149. The van der Waals surface area contributed by atoms with Gasteiger partial charge in [0.2, 0.25) is 5.91 Å². The first-order valence-electron chi connectivity index (χ1n) is 7.04. The Balaban J connectivity index is 2.27. The Kier molecular flexibility index (Phi) is 4.35. The molecule has 124 valence electrons. The molecule has 4 amide bonds. The quantitative estimate of drug-likeness (QED) is 0.818. The van der Waals surface area contributed by atoms with Crippen LogP contribution in [0.1, 0.15) is 26.3 Å². The smallest absolute Gasteiger partial charge is 0.325 e. The molecule has 0 aliphatic carbocycles. The summed E-state index contributed by atoms with van der Waals surface area (Å²) >= 11 is 0. The number of carbonyl (C=O) groups is 3. The Morgan fingerprint density at radius 2 is 2.00 bits per heavy atom. The lowest BCUT2D eigenvalue weighted by molar-refractivity contribution is -0.135. The van der Waals surface area contributed by atoms with Gasteiger partial charge in [0.15, 0.2) is 0 Å². The lowest BCUT2D eigenvalue weighted by Gasteiger charge is -2.22. The third-order valence-corrected chi connectivity index (χ3v) is 3.50. The molecule has 1 aromatic rings. The van der Waals surface area contributed by atoms with Crippen molar-refractivity contribution < 1.29 is 23.2 Å². The second kappa shape index (κ2) is 5.94. The predicted molar refractivity (Wildman–Crippen MR) is 77.2 cm³/mol. The Labute approximate surface area is 131 Å². The number of urea groups is 1. The van der Waals surface area contributed by atoms with Crippen LogP contribution in [0.2, 0.25) is 0 Å². The average molecular weight is 325 g/mol. The summed E-state index contributed by atoms with van der Waals surface area (Å²) < 4.78 is 27.0. The fourth-order valence-electron chi connectivity index (χ4n) is 2.43. The van der Waals surface area contributed by atoms with Crippen LogP contribution in [0.5, 0.6) is 0 Å². The van der Waals surface area contributed by atoms with Crippen molar-refractivity contribution in [2.45, 2.75) is 32.4 Å². The number of hydrogen-bond acceptors (Lipinski definition) is 3. The maximum Gasteiger partial charge on any atom is 0.325 e. The van der Waals surface area contributed by atoms with Crippen LogP contribution in [0, 0.1) is 11.6 Å². The zero-order chi connectivity index (χ0) is 17.4. The molecule has 0 spiro atoms. The minimum Gasteiger partial charge on any atom is -0.352 e. The normalized spacial score (nSPS) is 20.9. The van der Waals surface area contributed by atoms with E-state index in [1.54, 1.807) is 13.8 Å². The molecular weight excluding hydrogens is 308 g/mol. The molecule has 1 fully saturated rings. The highest BCUT2D eigenvalue weighted by molar-refractivity contribution is 6.09. The van der Waals surface area contributed by atoms with Crippen molar-refractivity contribution in [1.29, 1.82) is 0 Å². The van der Waals surface area contributed by atoms with Crippen molar-refractivity contribution >= 4 is 17.8 Å². The maximum atomic E-state index is 14.0. The minimum atomic E-state index is -1.69. The van der Waals surface area contributed by atoms with Crippen LogP contribution in [0.15, 0.2) is 18.2 Å². The number of nitrogens with zero attached hydrogens (tertiary/aromatic N) is 1. The highest BCUT2D eigenvalue weighted by atomic mass is 19.1. The summed E-state index contributed by atoms with van der Waals surface area (Å²) in [7, 11) is 0. The van der Waals surface area contributed by atoms with Crippen molar-refractivity contribution in [3.63, 3.8) is 0 Å². The summed E-state index contributed by atoms with van der Waals surface area (Å²) in [5.41, 5.74) is -1.85. The van der Waals surface area contributed by atoms with Crippen molar-refractivity contribution in [3.8, 4) is 0 Å². The van der Waals surface area contributed by atoms with Crippen LogP contribution < -0.4 is 10.6 Å². The number of carbonyl (C=O) groups excluding carboxylic acids is 3. The predicted octanol–water partition coefficient (Wildman–Crippen LogP) is 1.26. The van der Waals surface area contributed by atoms with E-state index < -0.39 is 41.6 Å². The Bertz CT molecular complexity index is 678. The van der Waals surface area contributed by atoms with Crippen LogP contribution >= 0.6 is 0 Å². The van der Waals surface area contributed by atoms with Crippen LogP contribution in [0.3, 0.4) is 0 Å². The van der Waals surface area contributed by atoms with Crippen molar-refractivity contribution in [2.75, 3.05) is 6.54 Å². The van der Waals surface area contributed by atoms with Gasteiger partial charge in [0, 0.05) is 17.7 Å². The fourth-order valence-corrected chi connectivity index (χ4v) is 2.43. The lowest BCUT2D eigenvalue weighted by atomic mass is 9.91. The molecule has 1 aromatic carbocycles. The molecule has 8 heteroatoms. The number of hydrogen-bond donors (Lipinski definition) is 2. The third kappa shape index (κ3) is 3.15. The standard InChI is InChI=1S/C15H17F2N3O3/c1-8(2)18-12(21)7-20-13(22)15(3,19-14(20)23)10-5-4-9(16)6-11(10)17/h4-6,8H,7H2,1-3H3,(H,18,21)(H,19,23). The molecule has 0 bridgehead atoms. The van der Waals surface area contributed by atoms with Crippen LogP contribution in [0.25, 0.3) is 0 Å². The molecule has 0 aromatic heterocycles. The third-order valence-electron chi connectivity index (χ3n) is 3.50. The number of nitrogens with one attached hydrogen (secondary N) is 2. The van der Waals surface area contributed by atoms with E-state index in [-0.39, 0.29) is 11.6 Å². The molecule has 6 nitrogen and oxygen atoms in total. The van der Waals surface area contributed by atoms with Gasteiger partial charge >= 0.3 is 6.03 Å². The maximum absolute atomic E-state index is 14.0. The van der Waals surface area contributed by atoms with E-state index in [1.807, 2.05) is 0 Å². The Morgan fingerprint density at radius 3 is 2.57 bits per heavy atom. The molecule has 1 unspecified atom stereocenters. The van der Waals surface area contributed by atoms with Crippen LogP contribution in [-0.2, 0) is 15.1 Å². The van der Waals surface area contributed by atoms with Crippen LogP contribution in [0.4, 0.5) is 13.6 Å². The second-order valence-electron chi connectivity index (χ2n) is 5.79. The van der Waals surface area contributed by atoms with Gasteiger partial charge in [-0.15, -0.1) is 0 Å². The van der Waals surface area contributed by atoms with Gasteiger partial charge in [-0.2, -0.15) is 0 Å². The van der Waals surface area contributed by atoms with Gasteiger partial charge in [-0.1, -0.05) is 6.07 Å². The van der Waals surface area contributed by atoms with Crippen molar-refractivity contribution in [1.82, 2.24) is 15.5 Å². The zero-order valence-corrected chi connectivity index (χ0v) is 12.9. The molecule has 23 heavy (non-hydrogen) atoms. The lowest BCUT2D eigenvalue weighted by Crippen LogP contribution is -2.44. The van der Waals surface area contributed by atoms with E-state index >= 15 is 0 Å². The SMILES string of the molecule is CC(C)NC(=O)CN1C(=O)NC(C)(c2ccc(F)cc2F)C1=O. The summed E-state index contributed by atoms with van der Waals surface area (Å²) in [4.78, 5) is 36.9. The summed E-state index contributed by atoms with van der Waals surface area (Å²) in [6, 6.07) is 1.77. The number of imide groups is 1. The van der Waals surface area contributed by atoms with Gasteiger partial charge in [0.05, 0.1) is 0 Å². The zero-order valence-electron chi connectivity index (χ0n) is 12.9. The first kappa shape index (κ1) is 16.9. The van der Waals surface area contributed by atoms with Crippen LogP contribution in [-0.4, -0.2) is 35.3 Å². The molecule has 2 N–H and O–H groups in total. The molecule has 1 saturated heterocycles. The molecule has 1 heterocycles. The fraction of sp³-hybridized carbons (Fsp3) is 0.400. The van der Waals surface area contributed by atoms with Gasteiger partial charge in [-0.25, -0.2) is 13.6 Å². The second-order valence-corrected chi connectivity index (χ2v) is 5.79.